The standard InChI is InChI=1S/C10H9BrF3N3O2.C9H7BrF3N3O2.C5H3BrF3N3O.C5H4F3N3O.C4H7ClO2.C2H3N.CH3F.BHNS/c1-16-5(4-19-2)3-17-8(18)6(11)7(10(12,13)14)15-9(16)17;1-18-3-4-2-16-7(17)5(10)6(9(11,12)13)15-8(16)14-4;6-1-2(5(7,8)9)11-4(10)12-3(1)13;6-5(7,8)2-1-3(12)11-4(9)10-2;1-7-3-4(6)2-5;1-2-3;1-2;1-2-3/h3H,4H2,1-2H3;2H,3H2,1H3,(H,14,15);(H3,10,11,12,13);1H,(H3,9,10,11,12);2-3H2,1H3;1H3;1H3;3H/i;;;;;;1D;. The van der Waals surface area contributed by atoms with Crippen molar-refractivity contribution in [1.29, 1.82) is 5.26 Å². The van der Waals surface area contributed by atoms with Gasteiger partial charge in [-0.1, -0.05) is 0 Å². The number of fused-ring (bicyclic) bond motifs is 2. The SMILES string of the molecule is CC#N.COCC(=O)CCl.COCc1cn2c(=O)c(Br)c(C(F)(F)F)nc2[nH]1.COCc1cn2c(=O)c(Br)c(C(F)(F)F)nc2n1C.Nc1nc(C(F)(F)F)c(Br)c(=O)[nH]1.Nc1nc(C(F)(F)F)cc(=O)[nH]1.[2H]CF.[B]=NS. The van der Waals surface area contributed by atoms with Gasteiger partial charge >= 0.3 is 49.5 Å². The van der Waals surface area contributed by atoms with E-state index in [-0.39, 0.29) is 43.0 Å². The Morgan fingerprint density at radius 3 is 1.64 bits per heavy atom. The van der Waals surface area contributed by atoms with E-state index in [1.165, 1.54) is 52.3 Å². The second-order valence-electron chi connectivity index (χ2n) is 12.9. The van der Waals surface area contributed by atoms with Crippen molar-refractivity contribution < 1.29 is 77.5 Å². The fraction of sp³-hybridized carbons (Fsp3) is 0.389. The molecule has 1 radical (unpaired) electrons. The molecule has 0 aromatic carbocycles. The number of thiol groups is 1. The fourth-order valence-electron chi connectivity index (χ4n) is 4.64. The molecule has 7 N–H and O–H groups in total. The summed E-state index contributed by atoms with van der Waals surface area (Å²) in [7, 11) is 9.20. The Kier molecular flexibility index (Phi) is 31.0. The number of aryl methyl sites for hydroxylation is 1. The van der Waals surface area contributed by atoms with Crippen LogP contribution in [-0.4, -0.2) is 103 Å². The van der Waals surface area contributed by atoms with E-state index >= 15 is 0 Å². The average Bonchev–Trinajstić information content (AvgIpc) is 3.87. The normalized spacial score (nSPS) is 11.0. The van der Waals surface area contributed by atoms with Gasteiger partial charge in [0.15, 0.2) is 28.6 Å². The molecule has 6 heterocycles. The molecule has 0 aliphatic rings. The molecule has 0 saturated heterocycles. The third-order valence-corrected chi connectivity index (χ3v) is 9.92. The summed E-state index contributed by atoms with van der Waals surface area (Å²) in [6, 6.07) is 2.09. The molecule has 0 bridgehead atoms. The molecule has 0 aliphatic carbocycles. The first kappa shape index (κ1) is 71.3. The molecule has 0 saturated carbocycles. The van der Waals surface area contributed by atoms with Crippen LogP contribution in [0.1, 0.15) is 42.5 Å². The van der Waals surface area contributed by atoms with Crippen molar-refractivity contribution in [2.45, 2.75) is 44.8 Å². The summed E-state index contributed by atoms with van der Waals surface area (Å²) in [5, 5.41) is 7.32. The van der Waals surface area contributed by atoms with Crippen LogP contribution in [0.15, 0.2) is 55.4 Å². The van der Waals surface area contributed by atoms with E-state index in [4.69, 9.17) is 39.2 Å². The average molecular weight is 1360 g/mol. The number of hydrogen-bond donors (Lipinski definition) is 6. The molecule has 41 heteroatoms. The van der Waals surface area contributed by atoms with Gasteiger partial charge in [0.25, 0.3) is 22.2 Å². The van der Waals surface area contributed by atoms with Crippen LogP contribution >= 0.6 is 72.2 Å². The number of rotatable bonds is 7. The molecule has 77 heavy (non-hydrogen) atoms. The van der Waals surface area contributed by atoms with Crippen LogP contribution in [0.5, 0.6) is 0 Å². The van der Waals surface area contributed by atoms with Crippen LogP contribution in [-0.2, 0) is 64.0 Å². The number of H-pyrrole nitrogens is 3. The number of anilines is 2. The molecule has 0 spiro atoms. The quantitative estimate of drug-likeness (QED) is 0.0400. The number of methoxy groups -OCH3 is 3. The summed E-state index contributed by atoms with van der Waals surface area (Å²) in [5.74, 6) is -1.41. The van der Waals surface area contributed by atoms with Gasteiger partial charge in [0, 0.05) is 53.8 Å². The molecule has 0 amide bonds. The molecule has 6 aromatic heterocycles. The van der Waals surface area contributed by atoms with E-state index in [1.807, 2.05) is 9.97 Å². The minimum absolute atomic E-state index is 0.0494. The third kappa shape index (κ3) is 23.8. The number of nitrogen functional groups attached to an aromatic ring is 2. The summed E-state index contributed by atoms with van der Waals surface area (Å²) < 4.78 is 182. The van der Waals surface area contributed by atoms with Crippen molar-refractivity contribution in [3.8, 4) is 6.07 Å². The van der Waals surface area contributed by atoms with Crippen LogP contribution in [0.3, 0.4) is 0 Å². The summed E-state index contributed by atoms with van der Waals surface area (Å²) >= 11 is 16.0. The van der Waals surface area contributed by atoms with E-state index in [2.05, 4.69) is 102 Å². The Labute approximate surface area is 460 Å². The number of nitrogens with two attached hydrogens (primary N) is 2. The van der Waals surface area contributed by atoms with Crippen LogP contribution in [0.4, 0.5) is 69.0 Å². The van der Waals surface area contributed by atoms with E-state index < -0.39 is 102 Å². The number of hydrogen-bond acceptors (Lipinski definition) is 17. The topological polar surface area (TPSA) is 314 Å². The third-order valence-electron chi connectivity index (χ3n) is 7.45. The number of alkyl halides is 14. The van der Waals surface area contributed by atoms with Gasteiger partial charge < -0.3 is 35.2 Å². The summed E-state index contributed by atoms with van der Waals surface area (Å²) in [5.41, 5.74) is 2.20. The first-order valence-corrected chi connectivity index (χ1v) is 22.2. The van der Waals surface area contributed by atoms with Gasteiger partial charge in [-0.05, 0) is 47.8 Å². The Balaban J connectivity index is 0. The van der Waals surface area contributed by atoms with Gasteiger partial charge in [-0.3, -0.25) is 47.1 Å². The summed E-state index contributed by atoms with van der Waals surface area (Å²) in [6.45, 7) is 1.86. The number of nitriles is 1. The van der Waals surface area contributed by atoms with Crippen molar-refractivity contribution in [3.63, 3.8) is 0 Å². The van der Waals surface area contributed by atoms with E-state index in [0.29, 0.717) is 17.5 Å². The number of aromatic nitrogens is 10. The summed E-state index contributed by atoms with van der Waals surface area (Å²) in [4.78, 5) is 74.2. The number of halogens is 17. The maximum absolute atomic E-state index is 12.8. The fourth-order valence-corrected chi connectivity index (χ4v) is 6.14. The number of Topliss-reactive ketones (excluding diaryl/α,β-unsaturated/α-hetero) is 1. The number of nitrogens with one attached hydrogen (secondary N) is 3. The molecular weight excluding hydrogens is 1320 g/mol. The van der Waals surface area contributed by atoms with E-state index in [9.17, 15) is 81.0 Å². The van der Waals surface area contributed by atoms with Crippen LogP contribution < -0.4 is 33.7 Å². The van der Waals surface area contributed by atoms with Gasteiger partial charge in [0.2, 0.25) is 23.5 Å². The second-order valence-corrected chi connectivity index (χ2v) is 15.8. The predicted octanol–water partition coefficient (Wildman–Crippen LogP) is 7.15. The molecule has 6 rings (SSSR count). The van der Waals surface area contributed by atoms with Crippen molar-refractivity contribution in [2.75, 3.05) is 52.4 Å². The Morgan fingerprint density at radius 2 is 1.23 bits per heavy atom. The summed E-state index contributed by atoms with van der Waals surface area (Å²) in [6.07, 6.45) is -16.0. The van der Waals surface area contributed by atoms with Crippen LogP contribution in [0.25, 0.3) is 11.6 Å². The number of aromatic amines is 3. The molecule has 22 nitrogen and oxygen atoms in total. The number of carbonyl (C=O) groups is 1. The number of nitrogens with zero attached hydrogens (tertiary/aromatic N) is 9. The monoisotopic (exact) mass is 1360 g/mol. The van der Waals surface area contributed by atoms with Gasteiger partial charge in [-0.15, -0.1) is 11.6 Å². The first-order valence-electron chi connectivity index (χ1n) is 19.6. The molecular formula is C36H37BBr3ClF13N14O8S. The maximum atomic E-state index is 12.8. The Hall–Kier alpha value is -5.73. The zero-order valence-corrected chi connectivity index (χ0v) is 45.6. The minimum atomic E-state index is -4.70. The molecule has 0 aliphatic heterocycles. The van der Waals surface area contributed by atoms with Crippen molar-refractivity contribution in [2.24, 2.45) is 11.3 Å². The molecule has 0 atom stereocenters. The zero-order chi connectivity index (χ0) is 61.3. The predicted molar refractivity (Wildman–Crippen MR) is 262 cm³/mol. The van der Waals surface area contributed by atoms with Gasteiger partial charge in [0.1, 0.15) is 20.0 Å². The van der Waals surface area contributed by atoms with Gasteiger partial charge in [0.05, 0.1) is 45.1 Å². The van der Waals surface area contributed by atoms with Crippen molar-refractivity contribution in [1.82, 2.24) is 48.3 Å². The van der Waals surface area contributed by atoms with Crippen LogP contribution in [0.2, 0.25) is 0 Å². The number of imidazole rings is 2. The van der Waals surface area contributed by atoms with Gasteiger partial charge in [-0.2, -0.15) is 57.9 Å². The van der Waals surface area contributed by atoms with Crippen molar-refractivity contribution >= 4 is 109 Å². The number of ketones is 1. The molecule has 6 aromatic rings. The van der Waals surface area contributed by atoms with Crippen LogP contribution in [0, 0.1) is 11.3 Å². The Bertz CT molecular complexity index is 3190. The first-order chi connectivity index (χ1) is 35.9. The van der Waals surface area contributed by atoms with Crippen molar-refractivity contribution in [3.05, 3.63) is 107 Å². The number of ether oxygens (including phenoxy) is 3. The zero-order valence-electron chi connectivity index (χ0n) is 40.2. The second kappa shape index (κ2) is 33.5. The van der Waals surface area contributed by atoms with E-state index in [0.717, 1.165) is 8.80 Å². The van der Waals surface area contributed by atoms with Gasteiger partial charge in [-0.25, -0.2) is 19.9 Å². The molecule has 427 valence electrons. The molecule has 0 fully saturated rings. The number of carbonyl (C=O) groups excluding carboxylic acids is 1. The molecule has 0 unspecified atom stereocenters. The van der Waals surface area contributed by atoms with E-state index in [1.54, 1.807) is 6.07 Å². The Morgan fingerprint density at radius 1 is 0.792 bits per heavy atom.